The van der Waals surface area contributed by atoms with Crippen LogP contribution in [0.1, 0.15) is 57.7 Å². The number of aromatic nitrogens is 4. The van der Waals surface area contributed by atoms with E-state index in [1.807, 2.05) is 4.57 Å². The summed E-state index contributed by atoms with van der Waals surface area (Å²) in [6, 6.07) is 0.168. The molecule has 8 nitrogen and oxygen atoms in total. The summed E-state index contributed by atoms with van der Waals surface area (Å²) in [4.78, 5) is 13.1. The number of rotatable bonds is 6. The highest BCUT2D eigenvalue weighted by Crippen LogP contribution is 2.40. The molecule has 4 N–H and O–H groups in total. The van der Waals surface area contributed by atoms with Crippen LogP contribution in [0.25, 0.3) is 11.2 Å². The summed E-state index contributed by atoms with van der Waals surface area (Å²) in [7, 11) is 0. The van der Waals surface area contributed by atoms with E-state index in [9.17, 15) is 13.2 Å². The highest BCUT2D eigenvalue weighted by molar-refractivity contribution is 5.95. The molecule has 1 atom stereocenters. The summed E-state index contributed by atoms with van der Waals surface area (Å²) in [6.45, 7) is 2.64. The first-order valence-corrected chi connectivity index (χ1v) is 10.8. The largest absolute Gasteiger partial charge is 0.391 e. The number of halogens is 3. The minimum Gasteiger partial charge on any atom is -0.365 e. The van der Waals surface area contributed by atoms with Crippen molar-refractivity contribution in [3.63, 3.8) is 0 Å². The minimum atomic E-state index is -4.11. The first-order chi connectivity index (χ1) is 14.8. The predicted octanol–water partition coefficient (Wildman–Crippen LogP) is 4.10. The molecule has 11 heteroatoms. The average Bonchev–Trinajstić information content (AvgIpc) is 3.08. The van der Waals surface area contributed by atoms with Crippen LogP contribution in [0.5, 0.6) is 0 Å². The SMILES string of the molecule is C[C@@H](Nc1nc(C(=N)NO)nc2ncn(C[C@H]3CC[C@H](C(F)(F)F)CC3)c12)C1CCC1. The Morgan fingerprint density at radius 1 is 1.23 bits per heavy atom. The third kappa shape index (κ3) is 4.60. The molecule has 4 rings (SSSR count). The van der Waals surface area contributed by atoms with E-state index in [1.165, 1.54) is 6.42 Å². The van der Waals surface area contributed by atoms with Crippen LogP contribution < -0.4 is 10.8 Å². The van der Waals surface area contributed by atoms with E-state index in [0.717, 1.165) is 12.8 Å². The molecule has 0 saturated heterocycles. The molecular weight excluding hydrogens is 411 g/mol. The fourth-order valence-electron chi connectivity index (χ4n) is 4.60. The van der Waals surface area contributed by atoms with Crippen molar-refractivity contribution in [2.45, 2.75) is 70.6 Å². The third-order valence-corrected chi connectivity index (χ3v) is 6.79. The number of nitrogens with one attached hydrogen (secondary N) is 3. The lowest BCUT2D eigenvalue weighted by molar-refractivity contribution is -0.184. The van der Waals surface area contributed by atoms with Gasteiger partial charge in [-0.25, -0.2) is 20.4 Å². The summed E-state index contributed by atoms with van der Waals surface area (Å²) in [5.74, 6) is -0.314. The lowest BCUT2D eigenvalue weighted by atomic mass is 9.80. The molecule has 0 bridgehead atoms. The quantitative estimate of drug-likeness (QED) is 0.306. The van der Waals surface area contributed by atoms with E-state index in [0.29, 0.717) is 42.3 Å². The molecule has 2 aliphatic carbocycles. The summed E-state index contributed by atoms with van der Waals surface area (Å²) >= 11 is 0. The standard InChI is InChI=1S/C20H28F3N7O/c1-11(13-3-2-4-13)26-18-15-17(27-19(28-18)16(24)29-31)25-10-30(15)9-12-5-7-14(8-6-12)20(21,22)23/h10-14,31H,2-9H2,1H3,(H2,24,29)(H,26,27,28)/t11-,12-,14-/m1/s1. The Hall–Kier alpha value is -2.43. The maximum absolute atomic E-state index is 13.0. The van der Waals surface area contributed by atoms with Crippen LogP contribution in [0.3, 0.4) is 0 Å². The van der Waals surface area contributed by atoms with Crippen molar-refractivity contribution in [1.29, 1.82) is 5.41 Å². The second-order valence-electron chi connectivity index (χ2n) is 8.84. The number of amidine groups is 1. The highest BCUT2D eigenvalue weighted by atomic mass is 19.4. The molecular formula is C20H28F3N7O. The molecule has 0 aromatic carbocycles. The fraction of sp³-hybridized carbons (Fsp3) is 0.700. The van der Waals surface area contributed by atoms with Gasteiger partial charge in [0.15, 0.2) is 17.3 Å². The lowest BCUT2D eigenvalue weighted by Gasteiger charge is -2.32. The Bertz CT molecular complexity index is 933. The number of alkyl halides is 3. The number of anilines is 1. The zero-order valence-electron chi connectivity index (χ0n) is 17.4. The van der Waals surface area contributed by atoms with E-state index < -0.39 is 12.1 Å². The van der Waals surface area contributed by atoms with Crippen LogP contribution in [0, 0.1) is 23.2 Å². The molecule has 2 aliphatic rings. The fourth-order valence-corrected chi connectivity index (χ4v) is 4.60. The Balaban J connectivity index is 1.58. The molecule has 2 heterocycles. The Labute approximate surface area is 178 Å². The molecule has 31 heavy (non-hydrogen) atoms. The summed E-state index contributed by atoms with van der Waals surface area (Å²) < 4.78 is 40.8. The highest BCUT2D eigenvalue weighted by Gasteiger charge is 2.41. The van der Waals surface area contributed by atoms with Crippen LogP contribution in [0.4, 0.5) is 19.0 Å². The number of hydroxylamine groups is 1. The molecule has 0 spiro atoms. The predicted molar refractivity (Wildman–Crippen MR) is 109 cm³/mol. The van der Waals surface area contributed by atoms with E-state index in [4.69, 9.17) is 10.6 Å². The Morgan fingerprint density at radius 2 is 1.94 bits per heavy atom. The van der Waals surface area contributed by atoms with Gasteiger partial charge >= 0.3 is 6.18 Å². The van der Waals surface area contributed by atoms with Crippen LogP contribution >= 0.6 is 0 Å². The molecule has 0 aliphatic heterocycles. The molecule has 0 amide bonds. The van der Waals surface area contributed by atoms with Gasteiger partial charge in [0.25, 0.3) is 0 Å². The first kappa shape index (κ1) is 21.8. The third-order valence-electron chi connectivity index (χ3n) is 6.79. The van der Waals surface area contributed by atoms with Crippen LogP contribution in [0.15, 0.2) is 6.33 Å². The zero-order valence-corrected chi connectivity index (χ0v) is 17.4. The Kier molecular flexibility index (Phi) is 6.05. The van der Waals surface area contributed by atoms with Crippen LogP contribution in [-0.4, -0.2) is 42.8 Å². The minimum absolute atomic E-state index is 0.0224. The van der Waals surface area contributed by atoms with Crippen molar-refractivity contribution in [1.82, 2.24) is 25.0 Å². The van der Waals surface area contributed by atoms with Crippen molar-refractivity contribution >= 4 is 22.8 Å². The second kappa shape index (κ2) is 8.60. The van der Waals surface area contributed by atoms with Gasteiger partial charge in [-0.2, -0.15) is 13.2 Å². The molecule has 0 unspecified atom stereocenters. The van der Waals surface area contributed by atoms with Gasteiger partial charge in [0.05, 0.1) is 12.2 Å². The average molecular weight is 439 g/mol. The van der Waals surface area contributed by atoms with Gasteiger partial charge in [-0.15, -0.1) is 0 Å². The van der Waals surface area contributed by atoms with Crippen molar-refractivity contribution < 1.29 is 18.4 Å². The normalized spacial score (nSPS) is 23.4. The maximum atomic E-state index is 13.0. The lowest BCUT2D eigenvalue weighted by Crippen LogP contribution is -2.32. The van der Waals surface area contributed by atoms with Crippen LogP contribution in [0.2, 0.25) is 0 Å². The van der Waals surface area contributed by atoms with E-state index in [-0.39, 0.29) is 36.5 Å². The zero-order chi connectivity index (χ0) is 22.2. The number of imidazole rings is 1. The summed E-state index contributed by atoms with van der Waals surface area (Å²) in [5.41, 5.74) is 2.83. The summed E-state index contributed by atoms with van der Waals surface area (Å²) in [6.07, 6.45) is 2.36. The van der Waals surface area contributed by atoms with Gasteiger partial charge in [-0.05, 0) is 57.3 Å². The molecule has 2 saturated carbocycles. The number of hydrogen-bond acceptors (Lipinski definition) is 6. The molecule has 2 aromatic heterocycles. The van der Waals surface area contributed by atoms with Gasteiger partial charge in [-0.3, -0.25) is 10.6 Å². The molecule has 170 valence electrons. The van der Waals surface area contributed by atoms with E-state index >= 15 is 0 Å². The van der Waals surface area contributed by atoms with Gasteiger partial charge in [0, 0.05) is 12.6 Å². The molecule has 0 radical (unpaired) electrons. The van der Waals surface area contributed by atoms with E-state index in [1.54, 1.807) is 11.8 Å². The topological polar surface area (TPSA) is 112 Å². The Morgan fingerprint density at radius 3 is 2.52 bits per heavy atom. The second-order valence-corrected chi connectivity index (χ2v) is 8.84. The van der Waals surface area contributed by atoms with Gasteiger partial charge in [-0.1, -0.05) is 6.42 Å². The first-order valence-electron chi connectivity index (χ1n) is 10.8. The van der Waals surface area contributed by atoms with Crippen LogP contribution in [-0.2, 0) is 6.54 Å². The number of nitrogens with zero attached hydrogens (tertiary/aromatic N) is 4. The van der Waals surface area contributed by atoms with Gasteiger partial charge in [0.1, 0.15) is 5.52 Å². The van der Waals surface area contributed by atoms with Crippen molar-refractivity contribution in [2.24, 2.45) is 17.8 Å². The molecule has 2 aromatic rings. The maximum Gasteiger partial charge on any atom is 0.391 e. The van der Waals surface area contributed by atoms with Crippen molar-refractivity contribution in [2.75, 3.05) is 5.32 Å². The molecule has 2 fully saturated rings. The van der Waals surface area contributed by atoms with Gasteiger partial charge < -0.3 is 9.88 Å². The van der Waals surface area contributed by atoms with Crippen molar-refractivity contribution in [3.8, 4) is 0 Å². The monoisotopic (exact) mass is 439 g/mol. The number of hydrogen-bond donors (Lipinski definition) is 4. The van der Waals surface area contributed by atoms with E-state index in [2.05, 4.69) is 27.2 Å². The summed E-state index contributed by atoms with van der Waals surface area (Å²) in [5, 5.41) is 20.3. The van der Waals surface area contributed by atoms with Crippen molar-refractivity contribution in [3.05, 3.63) is 12.2 Å². The van der Waals surface area contributed by atoms with Gasteiger partial charge in [0.2, 0.25) is 5.82 Å². The number of fused-ring (bicyclic) bond motifs is 1. The smallest absolute Gasteiger partial charge is 0.365 e.